The Labute approximate surface area is 122 Å². The van der Waals surface area contributed by atoms with Gasteiger partial charge in [0.15, 0.2) is 0 Å². The normalized spacial score (nSPS) is 13.9. The van der Waals surface area contributed by atoms with Crippen molar-refractivity contribution in [1.82, 2.24) is 0 Å². The monoisotopic (exact) mass is 269 g/mol. The molecular weight excluding hydrogens is 230 g/mol. The molecule has 0 radical (unpaired) electrons. The zero-order chi connectivity index (χ0) is 15.2. The standard InChI is InChI=1S/C18H39N/c1-8-9-10-11-12-13-14-15-16(2,3)17(4,5)18(6,7)19/h8-15,19H2,1-7H3. The third kappa shape index (κ3) is 5.85. The number of rotatable bonds is 10. The number of hydrogen-bond acceptors (Lipinski definition) is 1. The van der Waals surface area contributed by atoms with E-state index in [1.54, 1.807) is 0 Å². The lowest BCUT2D eigenvalue weighted by Gasteiger charge is -2.50. The first-order valence-corrected chi connectivity index (χ1v) is 8.35. The van der Waals surface area contributed by atoms with E-state index in [1.165, 1.54) is 51.4 Å². The lowest BCUT2D eigenvalue weighted by atomic mass is 9.57. The van der Waals surface area contributed by atoms with Crippen molar-refractivity contribution < 1.29 is 0 Å². The van der Waals surface area contributed by atoms with Gasteiger partial charge in [-0.1, -0.05) is 79.6 Å². The molecule has 0 aliphatic rings. The number of unbranched alkanes of at least 4 members (excludes halogenated alkanes) is 6. The molecule has 0 aromatic heterocycles. The van der Waals surface area contributed by atoms with Crippen LogP contribution in [0.25, 0.3) is 0 Å². The first kappa shape index (κ1) is 19.0. The molecule has 0 saturated carbocycles. The third-order valence-electron chi connectivity index (χ3n) is 5.71. The Morgan fingerprint density at radius 3 is 1.53 bits per heavy atom. The van der Waals surface area contributed by atoms with Crippen molar-refractivity contribution in [3.63, 3.8) is 0 Å². The molecule has 1 heteroatoms. The van der Waals surface area contributed by atoms with Gasteiger partial charge in [0.2, 0.25) is 0 Å². The average molecular weight is 270 g/mol. The largest absolute Gasteiger partial charge is 0.325 e. The minimum atomic E-state index is -0.127. The first-order valence-electron chi connectivity index (χ1n) is 8.35. The zero-order valence-electron chi connectivity index (χ0n) is 14.7. The van der Waals surface area contributed by atoms with E-state index in [0.717, 1.165) is 0 Å². The average Bonchev–Trinajstić information content (AvgIpc) is 2.26. The van der Waals surface area contributed by atoms with E-state index in [1.807, 2.05) is 0 Å². The summed E-state index contributed by atoms with van der Waals surface area (Å²) in [7, 11) is 0. The molecule has 0 aromatic rings. The van der Waals surface area contributed by atoms with Crippen molar-refractivity contribution in [2.75, 3.05) is 0 Å². The highest BCUT2D eigenvalue weighted by atomic mass is 14.8. The van der Waals surface area contributed by atoms with Gasteiger partial charge in [-0.15, -0.1) is 0 Å². The predicted octanol–water partition coefficient (Wildman–Crippen LogP) is 5.92. The van der Waals surface area contributed by atoms with Crippen LogP contribution in [0.4, 0.5) is 0 Å². The highest BCUT2D eigenvalue weighted by Gasteiger charge is 2.45. The van der Waals surface area contributed by atoms with Crippen LogP contribution in [0, 0.1) is 10.8 Å². The molecule has 116 valence electrons. The van der Waals surface area contributed by atoms with Crippen LogP contribution >= 0.6 is 0 Å². The maximum absolute atomic E-state index is 6.38. The van der Waals surface area contributed by atoms with E-state index >= 15 is 0 Å². The van der Waals surface area contributed by atoms with Crippen LogP contribution in [0.5, 0.6) is 0 Å². The van der Waals surface area contributed by atoms with Crippen LogP contribution < -0.4 is 5.73 Å². The summed E-state index contributed by atoms with van der Waals surface area (Å²) >= 11 is 0. The highest BCUT2D eigenvalue weighted by molar-refractivity contribution is 4.99. The van der Waals surface area contributed by atoms with Gasteiger partial charge in [0.1, 0.15) is 0 Å². The summed E-state index contributed by atoms with van der Waals surface area (Å²) in [6, 6.07) is 0. The molecule has 0 aromatic carbocycles. The molecule has 0 unspecified atom stereocenters. The van der Waals surface area contributed by atoms with Gasteiger partial charge in [-0.2, -0.15) is 0 Å². The van der Waals surface area contributed by atoms with E-state index in [2.05, 4.69) is 48.5 Å². The van der Waals surface area contributed by atoms with Crippen molar-refractivity contribution in [3.8, 4) is 0 Å². The van der Waals surface area contributed by atoms with Gasteiger partial charge in [0.05, 0.1) is 0 Å². The Hall–Kier alpha value is -0.0400. The van der Waals surface area contributed by atoms with Crippen molar-refractivity contribution in [2.24, 2.45) is 16.6 Å². The molecule has 19 heavy (non-hydrogen) atoms. The van der Waals surface area contributed by atoms with Gasteiger partial charge >= 0.3 is 0 Å². The fourth-order valence-corrected chi connectivity index (χ4v) is 2.71. The van der Waals surface area contributed by atoms with Crippen molar-refractivity contribution >= 4 is 0 Å². The molecule has 0 atom stereocenters. The lowest BCUT2D eigenvalue weighted by molar-refractivity contribution is 0.0258. The summed E-state index contributed by atoms with van der Waals surface area (Å²) in [6.45, 7) is 16.0. The van der Waals surface area contributed by atoms with Crippen molar-refractivity contribution in [3.05, 3.63) is 0 Å². The second kappa shape index (κ2) is 7.67. The smallest absolute Gasteiger partial charge is 0.0154 e. The molecule has 2 N–H and O–H groups in total. The molecule has 0 aliphatic carbocycles. The van der Waals surface area contributed by atoms with Crippen molar-refractivity contribution in [1.29, 1.82) is 0 Å². The van der Waals surface area contributed by atoms with Crippen LogP contribution in [-0.4, -0.2) is 5.54 Å². The van der Waals surface area contributed by atoms with Crippen LogP contribution in [0.1, 0.15) is 99.8 Å². The Balaban J connectivity index is 4.04. The third-order valence-corrected chi connectivity index (χ3v) is 5.71. The van der Waals surface area contributed by atoms with Gasteiger partial charge in [-0.25, -0.2) is 0 Å². The summed E-state index contributed by atoms with van der Waals surface area (Å²) in [5.41, 5.74) is 6.71. The van der Waals surface area contributed by atoms with E-state index in [-0.39, 0.29) is 11.0 Å². The van der Waals surface area contributed by atoms with Gasteiger partial charge in [0, 0.05) is 5.54 Å². The molecule has 0 bridgehead atoms. The maximum atomic E-state index is 6.38. The summed E-state index contributed by atoms with van der Waals surface area (Å²) in [5, 5.41) is 0. The van der Waals surface area contributed by atoms with Gasteiger partial charge in [-0.3, -0.25) is 0 Å². The van der Waals surface area contributed by atoms with E-state index < -0.39 is 0 Å². The lowest BCUT2D eigenvalue weighted by Crippen LogP contribution is -2.54. The molecule has 0 heterocycles. The van der Waals surface area contributed by atoms with E-state index in [0.29, 0.717) is 5.41 Å². The Kier molecular flexibility index (Phi) is 7.65. The molecule has 0 aliphatic heterocycles. The number of nitrogens with two attached hydrogens (primary N) is 1. The highest BCUT2D eigenvalue weighted by Crippen LogP contribution is 2.48. The Morgan fingerprint density at radius 1 is 0.684 bits per heavy atom. The summed E-state index contributed by atoms with van der Waals surface area (Å²) in [4.78, 5) is 0. The molecule has 0 fully saturated rings. The second-order valence-corrected chi connectivity index (χ2v) is 8.10. The van der Waals surface area contributed by atoms with Gasteiger partial charge in [0.25, 0.3) is 0 Å². The fraction of sp³-hybridized carbons (Fsp3) is 1.00. The van der Waals surface area contributed by atoms with Crippen LogP contribution in [-0.2, 0) is 0 Å². The Bertz CT molecular complexity index is 233. The summed E-state index contributed by atoms with van der Waals surface area (Å²) < 4.78 is 0. The topological polar surface area (TPSA) is 26.0 Å². The van der Waals surface area contributed by atoms with Gasteiger partial charge < -0.3 is 5.73 Å². The van der Waals surface area contributed by atoms with E-state index in [4.69, 9.17) is 5.73 Å². The fourth-order valence-electron chi connectivity index (χ4n) is 2.71. The van der Waals surface area contributed by atoms with E-state index in [9.17, 15) is 0 Å². The zero-order valence-corrected chi connectivity index (χ0v) is 14.7. The predicted molar refractivity (Wildman–Crippen MR) is 88.4 cm³/mol. The number of hydrogen-bond donors (Lipinski definition) is 1. The SMILES string of the molecule is CCCCCCCCCC(C)(C)C(C)(C)C(C)(C)N. The van der Waals surface area contributed by atoms with Crippen molar-refractivity contribution in [2.45, 2.75) is 105 Å². The minimum absolute atomic E-state index is 0.127. The molecule has 1 nitrogen and oxygen atoms in total. The van der Waals surface area contributed by atoms with Crippen LogP contribution in [0.3, 0.4) is 0 Å². The van der Waals surface area contributed by atoms with Gasteiger partial charge in [-0.05, 0) is 31.1 Å². The molecule has 0 spiro atoms. The van der Waals surface area contributed by atoms with Crippen LogP contribution in [0.2, 0.25) is 0 Å². The van der Waals surface area contributed by atoms with Crippen LogP contribution in [0.15, 0.2) is 0 Å². The summed E-state index contributed by atoms with van der Waals surface area (Å²) in [6.07, 6.45) is 11.0. The second-order valence-electron chi connectivity index (χ2n) is 8.10. The maximum Gasteiger partial charge on any atom is 0.0154 e. The molecular formula is C18H39N. The minimum Gasteiger partial charge on any atom is -0.325 e. The summed E-state index contributed by atoms with van der Waals surface area (Å²) in [5.74, 6) is 0. The molecule has 0 amide bonds. The molecule has 0 rings (SSSR count). The first-order chi connectivity index (χ1) is 8.56. The quantitative estimate of drug-likeness (QED) is 0.490. The molecule has 0 saturated heterocycles. The Morgan fingerprint density at radius 2 is 1.11 bits per heavy atom.